The largest absolute Gasteiger partial charge is 0.497 e. The molecule has 0 atom stereocenters. The SMILES string of the molecule is COc1ccc(-c2nc(CSc3nc4ccsc4c(=O)n3C)cs2)c(OC)c1. The van der Waals surface area contributed by atoms with Crippen molar-refractivity contribution in [2.24, 2.45) is 7.05 Å². The number of thiazole rings is 1. The van der Waals surface area contributed by atoms with Crippen LogP contribution >= 0.6 is 34.4 Å². The number of benzene rings is 1. The first kappa shape index (κ1) is 19.0. The molecule has 0 unspecified atom stereocenters. The van der Waals surface area contributed by atoms with Gasteiger partial charge in [-0.05, 0) is 23.6 Å². The second-order valence-electron chi connectivity index (χ2n) is 5.89. The quantitative estimate of drug-likeness (QED) is 0.332. The fourth-order valence-electron chi connectivity index (χ4n) is 2.71. The van der Waals surface area contributed by atoms with Gasteiger partial charge in [0.05, 0.1) is 31.0 Å². The van der Waals surface area contributed by atoms with E-state index in [9.17, 15) is 4.79 Å². The third kappa shape index (κ3) is 3.52. The minimum absolute atomic E-state index is 0.00978. The molecule has 4 aromatic rings. The maximum atomic E-state index is 12.4. The number of hydrogen-bond acceptors (Lipinski definition) is 8. The summed E-state index contributed by atoms with van der Waals surface area (Å²) in [7, 11) is 5.02. The molecule has 4 rings (SSSR count). The minimum atomic E-state index is -0.00978. The summed E-state index contributed by atoms with van der Waals surface area (Å²) in [6.07, 6.45) is 0. The first-order valence-electron chi connectivity index (χ1n) is 8.34. The average molecular weight is 432 g/mol. The standard InChI is InChI=1S/C19H17N3O3S3/c1-22-18(23)16-14(6-7-26-16)21-19(22)28-10-11-9-27-17(20-11)13-5-4-12(24-2)8-15(13)25-3/h4-9H,10H2,1-3H3. The van der Waals surface area contributed by atoms with Gasteiger partial charge in [-0.3, -0.25) is 9.36 Å². The number of nitrogens with zero attached hydrogens (tertiary/aromatic N) is 3. The Balaban J connectivity index is 1.56. The van der Waals surface area contributed by atoms with Gasteiger partial charge in [-0.25, -0.2) is 9.97 Å². The summed E-state index contributed by atoms with van der Waals surface area (Å²) in [5, 5.41) is 5.48. The summed E-state index contributed by atoms with van der Waals surface area (Å²) >= 11 is 4.49. The molecule has 3 aromatic heterocycles. The second-order valence-corrected chi connectivity index (χ2v) is 8.61. The van der Waals surface area contributed by atoms with Crippen molar-refractivity contribution in [3.05, 3.63) is 51.1 Å². The van der Waals surface area contributed by atoms with Gasteiger partial charge in [0.2, 0.25) is 0 Å². The van der Waals surface area contributed by atoms with E-state index >= 15 is 0 Å². The van der Waals surface area contributed by atoms with E-state index in [4.69, 9.17) is 14.5 Å². The summed E-state index contributed by atoms with van der Waals surface area (Å²) in [5.74, 6) is 2.09. The summed E-state index contributed by atoms with van der Waals surface area (Å²) in [6, 6.07) is 7.57. The normalized spacial score (nSPS) is 11.1. The lowest BCUT2D eigenvalue weighted by Gasteiger charge is -2.08. The van der Waals surface area contributed by atoms with Crippen molar-refractivity contribution in [1.29, 1.82) is 0 Å². The Morgan fingerprint density at radius 3 is 2.79 bits per heavy atom. The molecule has 0 amide bonds. The zero-order chi connectivity index (χ0) is 19.7. The molecule has 0 fully saturated rings. The lowest BCUT2D eigenvalue weighted by atomic mass is 10.2. The van der Waals surface area contributed by atoms with E-state index in [0.29, 0.717) is 15.6 Å². The van der Waals surface area contributed by atoms with Crippen LogP contribution < -0.4 is 15.0 Å². The van der Waals surface area contributed by atoms with Crippen LogP contribution in [0.2, 0.25) is 0 Å². The van der Waals surface area contributed by atoms with Gasteiger partial charge in [-0.15, -0.1) is 22.7 Å². The summed E-state index contributed by atoms with van der Waals surface area (Å²) < 4.78 is 13.0. The minimum Gasteiger partial charge on any atom is -0.497 e. The number of methoxy groups -OCH3 is 2. The highest BCUT2D eigenvalue weighted by Crippen LogP contribution is 2.35. The molecule has 144 valence electrons. The van der Waals surface area contributed by atoms with Crippen molar-refractivity contribution >= 4 is 44.7 Å². The Bertz CT molecular complexity index is 1200. The van der Waals surface area contributed by atoms with Crippen molar-refractivity contribution in [3.63, 3.8) is 0 Å². The Morgan fingerprint density at radius 2 is 2.00 bits per heavy atom. The Labute approximate surface area is 173 Å². The van der Waals surface area contributed by atoms with Crippen molar-refractivity contribution in [2.45, 2.75) is 10.9 Å². The van der Waals surface area contributed by atoms with Crippen molar-refractivity contribution in [1.82, 2.24) is 14.5 Å². The maximum absolute atomic E-state index is 12.4. The lowest BCUT2D eigenvalue weighted by Crippen LogP contribution is -2.18. The summed E-state index contributed by atoms with van der Waals surface area (Å²) in [5.41, 5.74) is 2.60. The molecule has 3 heterocycles. The van der Waals surface area contributed by atoms with Gasteiger partial charge in [0.15, 0.2) is 5.16 Å². The summed E-state index contributed by atoms with van der Waals surface area (Å²) in [6.45, 7) is 0. The third-order valence-electron chi connectivity index (χ3n) is 4.19. The van der Waals surface area contributed by atoms with Crippen LogP contribution in [0, 0.1) is 0 Å². The number of fused-ring (bicyclic) bond motifs is 1. The van der Waals surface area contributed by atoms with E-state index in [0.717, 1.165) is 33.3 Å². The first-order chi connectivity index (χ1) is 13.6. The van der Waals surface area contributed by atoms with Gasteiger partial charge in [0.25, 0.3) is 5.56 Å². The molecule has 28 heavy (non-hydrogen) atoms. The van der Waals surface area contributed by atoms with Gasteiger partial charge >= 0.3 is 0 Å². The molecule has 9 heteroatoms. The molecule has 0 aliphatic heterocycles. The number of thioether (sulfide) groups is 1. The molecule has 0 radical (unpaired) electrons. The molecule has 0 N–H and O–H groups in total. The Hall–Kier alpha value is -2.36. The topological polar surface area (TPSA) is 66.2 Å². The highest BCUT2D eigenvalue weighted by atomic mass is 32.2. The van der Waals surface area contributed by atoms with Crippen LogP contribution in [-0.2, 0) is 12.8 Å². The molecule has 6 nitrogen and oxygen atoms in total. The summed E-state index contributed by atoms with van der Waals surface area (Å²) in [4.78, 5) is 21.7. The number of aromatic nitrogens is 3. The molecule has 0 saturated heterocycles. The van der Waals surface area contributed by atoms with E-state index in [2.05, 4.69) is 4.98 Å². The molecule has 1 aromatic carbocycles. The van der Waals surface area contributed by atoms with Gasteiger partial charge < -0.3 is 9.47 Å². The number of ether oxygens (including phenoxy) is 2. The zero-order valence-corrected chi connectivity index (χ0v) is 17.9. The maximum Gasteiger partial charge on any atom is 0.271 e. The van der Waals surface area contributed by atoms with Crippen molar-refractivity contribution in [2.75, 3.05) is 14.2 Å². The second kappa shape index (κ2) is 7.94. The number of hydrogen-bond donors (Lipinski definition) is 0. The van der Waals surface area contributed by atoms with Crippen LogP contribution in [0.25, 0.3) is 20.8 Å². The average Bonchev–Trinajstić information content (AvgIpc) is 3.38. The highest BCUT2D eigenvalue weighted by molar-refractivity contribution is 7.98. The number of rotatable bonds is 6. The van der Waals surface area contributed by atoms with E-state index in [-0.39, 0.29) is 5.56 Å². The van der Waals surface area contributed by atoms with Gasteiger partial charge in [0, 0.05) is 24.2 Å². The van der Waals surface area contributed by atoms with Crippen LogP contribution in [0.5, 0.6) is 11.5 Å². The smallest absolute Gasteiger partial charge is 0.271 e. The van der Waals surface area contributed by atoms with Gasteiger partial charge in [-0.2, -0.15) is 0 Å². The molecular formula is C19H17N3O3S3. The monoisotopic (exact) mass is 431 g/mol. The van der Waals surface area contributed by atoms with Crippen LogP contribution in [0.4, 0.5) is 0 Å². The van der Waals surface area contributed by atoms with E-state index in [1.54, 1.807) is 37.2 Å². The first-order valence-corrected chi connectivity index (χ1v) is 11.1. The highest BCUT2D eigenvalue weighted by Gasteiger charge is 2.14. The molecule has 0 bridgehead atoms. The lowest BCUT2D eigenvalue weighted by molar-refractivity contribution is 0.395. The molecule has 0 aliphatic rings. The van der Waals surface area contributed by atoms with Gasteiger partial charge in [-0.1, -0.05) is 11.8 Å². The third-order valence-corrected chi connectivity index (χ3v) is 7.07. The zero-order valence-electron chi connectivity index (χ0n) is 15.5. The predicted molar refractivity (Wildman–Crippen MR) is 115 cm³/mol. The van der Waals surface area contributed by atoms with E-state index in [1.807, 2.05) is 35.0 Å². The van der Waals surface area contributed by atoms with Gasteiger partial charge in [0.1, 0.15) is 21.2 Å². The van der Waals surface area contributed by atoms with E-state index < -0.39 is 0 Å². The predicted octanol–water partition coefficient (Wildman–Crippen LogP) is 4.43. The van der Waals surface area contributed by atoms with Crippen molar-refractivity contribution in [3.8, 4) is 22.1 Å². The van der Waals surface area contributed by atoms with Crippen LogP contribution in [-0.4, -0.2) is 28.8 Å². The van der Waals surface area contributed by atoms with Crippen LogP contribution in [0.1, 0.15) is 5.69 Å². The fourth-order valence-corrected chi connectivity index (χ4v) is 5.33. The molecular weight excluding hydrogens is 414 g/mol. The molecule has 0 spiro atoms. The fraction of sp³-hybridized carbons (Fsp3) is 0.211. The van der Waals surface area contributed by atoms with Crippen molar-refractivity contribution < 1.29 is 9.47 Å². The van der Waals surface area contributed by atoms with Crippen LogP contribution in [0.15, 0.2) is 45.0 Å². The molecule has 0 aliphatic carbocycles. The Kier molecular flexibility index (Phi) is 5.38. The van der Waals surface area contributed by atoms with Crippen LogP contribution in [0.3, 0.4) is 0 Å². The Morgan fingerprint density at radius 1 is 1.14 bits per heavy atom. The van der Waals surface area contributed by atoms with E-state index in [1.165, 1.54) is 23.1 Å². The number of thiophene rings is 1. The molecule has 0 saturated carbocycles.